The molecule has 0 spiro atoms. The number of carbonyl (C=O) groups is 1. The fraction of sp³-hybridized carbons (Fsp3) is 0.357. The highest BCUT2D eigenvalue weighted by Crippen LogP contribution is 2.32. The van der Waals surface area contributed by atoms with Crippen molar-refractivity contribution in [3.05, 3.63) is 47.0 Å². The summed E-state index contributed by atoms with van der Waals surface area (Å²) >= 11 is 0. The molecule has 0 aliphatic heterocycles. The van der Waals surface area contributed by atoms with Gasteiger partial charge < -0.3 is 0 Å². The molecule has 0 saturated carbocycles. The molecule has 0 heterocycles. The molecule has 0 fully saturated rings. The van der Waals surface area contributed by atoms with Crippen molar-refractivity contribution >= 4 is 5.78 Å². The van der Waals surface area contributed by atoms with E-state index in [4.69, 9.17) is 0 Å². The lowest BCUT2D eigenvalue weighted by molar-refractivity contribution is -0.137. The number of alkyl halides is 3. The maximum absolute atomic E-state index is 12.7. The minimum atomic E-state index is -4.50. The van der Waals surface area contributed by atoms with Gasteiger partial charge in [0.1, 0.15) is 0 Å². The standard InChI is InChI=1S/C14H15F3O/c1-3-10(4-2)9-13(18)11-7-5-6-8-12(11)14(15,16)17/h5-9H,3-4H2,1-2H3. The van der Waals surface area contributed by atoms with Crippen LogP contribution in [0.25, 0.3) is 0 Å². The summed E-state index contributed by atoms with van der Waals surface area (Å²) in [7, 11) is 0. The molecule has 98 valence electrons. The molecule has 1 aromatic carbocycles. The summed E-state index contributed by atoms with van der Waals surface area (Å²) in [5, 5.41) is 0. The first-order valence-corrected chi connectivity index (χ1v) is 5.80. The normalized spacial score (nSPS) is 11.2. The van der Waals surface area contributed by atoms with E-state index in [1.807, 2.05) is 13.8 Å². The zero-order chi connectivity index (χ0) is 13.8. The van der Waals surface area contributed by atoms with Crippen molar-refractivity contribution in [2.24, 2.45) is 0 Å². The van der Waals surface area contributed by atoms with Gasteiger partial charge in [-0.25, -0.2) is 0 Å². The van der Waals surface area contributed by atoms with Crippen LogP contribution in [0.15, 0.2) is 35.9 Å². The van der Waals surface area contributed by atoms with Crippen molar-refractivity contribution in [3.8, 4) is 0 Å². The first kappa shape index (κ1) is 14.5. The van der Waals surface area contributed by atoms with Crippen LogP contribution in [0.2, 0.25) is 0 Å². The smallest absolute Gasteiger partial charge is 0.289 e. The molecular formula is C14H15F3O. The summed E-state index contributed by atoms with van der Waals surface area (Å²) in [4.78, 5) is 11.9. The third-order valence-electron chi connectivity index (χ3n) is 2.74. The van der Waals surface area contributed by atoms with Crippen LogP contribution in [0, 0.1) is 0 Å². The maximum atomic E-state index is 12.7. The third kappa shape index (κ3) is 3.45. The maximum Gasteiger partial charge on any atom is 0.417 e. The fourth-order valence-corrected chi connectivity index (χ4v) is 1.66. The van der Waals surface area contributed by atoms with Crippen LogP contribution in [0.3, 0.4) is 0 Å². The van der Waals surface area contributed by atoms with Gasteiger partial charge in [-0.05, 0) is 25.0 Å². The van der Waals surface area contributed by atoms with E-state index >= 15 is 0 Å². The van der Waals surface area contributed by atoms with Crippen molar-refractivity contribution in [1.29, 1.82) is 0 Å². The number of hydrogen-bond acceptors (Lipinski definition) is 1. The molecule has 1 rings (SSSR count). The van der Waals surface area contributed by atoms with E-state index < -0.39 is 17.5 Å². The number of halogens is 3. The Morgan fingerprint density at radius 3 is 2.22 bits per heavy atom. The Kier molecular flexibility index (Phi) is 4.70. The van der Waals surface area contributed by atoms with E-state index in [0.717, 1.165) is 11.6 Å². The van der Waals surface area contributed by atoms with E-state index in [1.54, 1.807) is 0 Å². The molecule has 1 aromatic rings. The van der Waals surface area contributed by atoms with Crippen molar-refractivity contribution in [2.75, 3.05) is 0 Å². The Morgan fingerprint density at radius 1 is 1.17 bits per heavy atom. The van der Waals surface area contributed by atoms with E-state index in [9.17, 15) is 18.0 Å². The molecule has 0 unspecified atom stereocenters. The van der Waals surface area contributed by atoms with E-state index in [2.05, 4.69) is 0 Å². The first-order chi connectivity index (χ1) is 8.40. The van der Waals surface area contributed by atoms with Crippen LogP contribution in [0.1, 0.15) is 42.6 Å². The Labute approximate surface area is 104 Å². The van der Waals surface area contributed by atoms with Gasteiger partial charge in [0.15, 0.2) is 5.78 Å². The molecular weight excluding hydrogens is 241 g/mol. The molecule has 0 aliphatic rings. The second kappa shape index (κ2) is 5.85. The lowest BCUT2D eigenvalue weighted by atomic mass is 10.00. The highest BCUT2D eigenvalue weighted by Gasteiger charge is 2.34. The molecule has 0 amide bonds. The largest absolute Gasteiger partial charge is 0.417 e. The summed E-state index contributed by atoms with van der Waals surface area (Å²) < 4.78 is 38.2. The van der Waals surface area contributed by atoms with Crippen molar-refractivity contribution in [1.82, 2.24) is 0 Å². The summed E-state index contributed by atoms with van der Waals surface area (Å²) in [5.41, 5.74) is -0.320. The van der Waals surface area contributed by atoms with Gasteiger partial charge in [-0.3, -0.25) is 4.79 Å². The van der Waals surface area contributed by atoms with E-state index in [0.29, 0.717) is 12.8 Å². The molecule has 18 heavy (non-hydrogen) atoms. The number of allylic oxidation sites excluding steroid dienone is 2. The molecule has 0 radical (unpaired) electrons. The Balaban J connectivity index is 3.18. The average Bonchev–Trinajstić information content (AvgIpc) is 2.34. The number of benzene rings is 1. The Hall–Kier alpha value is -1.58. The third-order valence-corrected chi connectivity index (χ3v) is 2.74. The lowest BCUT2D eigenvalue weighted by Crippen LogP contribution is -2.12. The monoisotopic (exact) mass is 256 g/mol. The summed E-state index contributed by atoms with van der Waals surface area (Å²) in [6.45, 7) is 3.75. The zero-order valence-corrected chi connectivity index (χ0v) is 10.3. The Bertz CT molecular complexity index is 452. The summed E-state index contributed by atoms with van der Waals surface area (Å²) in [6.07, 6.45) is -1.86. The highest BCUT2D eigenvalue weighted by molar-refractivity contribution is 6.06. The van der Waals surface area contributed by atoms with Crippen molar-refractivity contribution < 1.29 is 18.0 Å². The molecule has 0 atom stereocenters. The van der Waals surface area contributed by atoms with E-state index in [1.165, 1.54) is 24.3 Å². The highest BCUT2D eigenvalue weighted by atomic mass is 19.4. The van der Waals surface area contributed by atoms with Crippen LogP contribution in [0.5, 0.6) is 0 Å². The summed E-state index contributed by atoms with van der Waals surface area (Å²) in [6, 6.07) is 4.86. The van der Waals surface area contributed by atoms with Crippen LogP contribution in [-0.2, 0) is 6.18 Å². The van der Waals surface area contributed by atoms with Gasteiger partial charge >= 0.3 is 6.18 Å². The van der Waals surface area contributed by atoms with Gasteiger partial charge in [0.25, 0.3) is 0 Å². The summed E-state index contributed by atoms with van der Waals surface area (Å²) in [5.74, 6) is -0.582. The van der Waals surface area contributed by atoms with Crippen LogP contribution in [0.4, 0.5) is 13.2 Å². The number of rotatable bonds is 4. The molecule has 1 nitrogen and oxygen atoms in total. The van der Waals surface area contributed by atoms with Gasteiger partial charge in [-0.15, -0.1) is 0 Å². The second-order valence-electron chi connectivity index (χ2n) is 3.92. The predicted octanol–water partition coefficient (Wildman–Crippen LogP) is 4.63. The van der Waals surface area contributed by atoms with Crippen LogP contribution in [-0.4, -0.2) is 5.78 Å². The molecule has 4 heteroatoms. The number of carbonyl (C=O) groups excluding carboxylic acids is 1. The van der Waals surface area contributed by atoms with Crippen LogP contribution < -0.4 is 0 Å². The van der Waals surface area contributed by atoms with Gasteiger partial charge in [0.05, 0.1) is 5.56 Å². The van der Waals surface area contributed by atoms with Crippen LogP contribution >= 0.6 is 0 Å². The Morgan fingerprint density at radius 2 is 1.72 bits per heavy atom. The van der Waals surface area contributed by atoms with Gasteiger partial charge in [0.2, 0.25) is 0 Å². The SMILES string of the molecule is CCC(=CC(=O)c1ccccc1C(F)(F)F)CC. The number of ketones is 1. The van der Waals surface area contributed by atoms with E-state index in [-0.39, 0.29) is 5.56 Å². The second-order valence-corrected chi connectivity index (χ2v) is 3.92. The molecule has 0 aromatic heterocycles. The number of hydrogen-bond donors (Lipinski definition) is 0. The van der Waals surface area contributed by atoms with Gasteiger partial charge in [-0.1, -0.05) is 37.6 Å². The molecule has 0 saturated heterocycles. The quantitative estimate of drug-likeness (QED) is 0.566. The average molecular weight is 256 g/mol. The minimum Gasteiger partial charge on any atom is -0.289 e. The van der Waals surface area contributed by atoms with Crippen molar-refractivity contribution in [2.45, 2.75) is 32.9 Å². The first-order valence-electron chi connectivity index (χ1n) is 5.80. The topological polar surface area (TPSA) is 17.1 Å². The predicted molar refractivity (Wildman–Crippen MR) is 64.4 cm³/mol. The molecule has 0 bridgehead atoms. The van der Waals surface area contributed by atoms with Gasteiger partial charge in [0, 0.05) is 5.56 Å². The molecule has 0 N–H and O–H groups in total. The lowest BCUT2D eigenvalue weighted by Gasteiger charge is -2.10. The van der Waals surface area contributed by atoms with Gasteiger partial charge in [-0.2, -0.15) is 13.2 Å². The minimum absolute atomic E-state index is 0.288. The fourth-order valence-electron chi connectivity index (χ4n) is 1.66. The van der Waals surface area contributed by atoms with Crippen molar-refractivity contribution in [3.63, 3.8) is 0 Å². The zero-order valence-electron chi connectivity index (χ0n) is 10.3. The molecule has 0 aliphatic carbocycles.